The SMILES string of the molecule is COC(=O)c1ccc([C@H]2CCCCC[C@@H](NC(=O)OC(C)(C)C)C2)cc1. The number of carbonyl (C=O) groups is 2. The molecule has 1 aliphatic rings. The number of amides is 1. The first-order valence-electron chi connectivity index (χ1n) is 9.46. The molecule has 0 radical (unpaired) electrons. The maximum Gasteiger partial charge on any atom is 0.407 e. The van der Waals surface area contributed by atoms with Gasteiger partial charge in [0.1, 0.15) is 5.60 Å². The summed E-state index contributed by atoms with van der Waals surface area (Å²) in [7, 11) is 1.39. The molecule has 2 atom stereocenters. The number of rotatable bonds is 3. The van der Waals surface area contributed by atoms with Crippen molar-refractivity contribution in [1.29, 1.82) is 0 Å². The van der Waals surface area contributed by atoms with Gasteiger partial charge in [-0.2, -0.15) is 0 Å². The van der Waals surface area contributed by atoms with Crippen molar-refractivity contribution in [2.24, 2.45) is 0 Å². The van der Waals surface area contributed by atoms with Crippen LogP contribution in [-0.2, 0) is 9.47 Å². The predicted octanol–water partition coefficient (Wildman–Crippen LogP) is 4.80. The quantitative estimate of drug-likeness (QED) is 0.785. The van der Waals surface area contributed by atoms with E-state index in [1.165, 1.54) is 25.5 Å². The first-order valence-corrected chi connectivity index (χ1v) is 9.46. The zero-order valence-electron chi connectivity index (χ0n) is 16.3. The molecule has 0 aliphatic heterocycles. The van der Waals surface area contributed by atoms with Gasteiger partial charge >= 0.3 is 12.1 Å². The monoisotopic (exact) mass is 361 g/mol. The van der Waals surface area contributed by atoms with E-state index in [9.17, 15) is 9.59 Å². The van der Waals surface area contributed by atoms with Crippen LogP contribution < -0.4 is 5.32 Å². The van der Waals surface area contributed by atoms with E-state index in [2.05, 4.69) is 5.32 Å². The highest BCUT2D eigenvalue weighted by Crippen LogP contribution is 2.31. The Hall–Kier alpha value is -2.04. The van der Waals surface area contributed by atoms with E-state index in [4.69, 9.17) is 9.47 Å². The fraction of sp³-hybridized carbons (Fsp3) is 0.619. The maximum absolute atomic E-state index is 12.1. The number of ether oxygens (including phenoxy) is 2. The molecule has 1 aliphatic carbocycles. The molecule has 1 saturated carbocycles. The van der Waals surface area contributed by atoms with Gasteiger partial charge in [-0.05, 0) is 63.6 Å². The van der Waals surface area contributed by atoms with Crippen molar-refractivity contribution < 1.29 is 19.1 Å². The van der Waals surface area contributed by atoms with Crippen LogP contribution in [0.1, 0.15) is 81.1 Å². The van der Waals surface area contributed by atoms with E-state index in [0.29, 0.717) is 11.5 Å². The second-order valence-corrected chi connectivity index (χ2v) is 8.03. The summed E-state index contributed by atoms with van der Waals surface area (Å²) in [4.78, 5) is 23.7. The zero-order valence-corrected chi connectivity index (χ0v) is 16.3. The zero-order chi connectivity index (χ0) is 19.2. The number of hydrogen-bond acceptors (Lipinski definition) is 4. The fourth-order valence-corrected chi connectivity index (χ4v) is 3.45. The van der Waals surface area contributed by atoms with Crippen LogP contribution >= 0.6 is 0 Å². The average molecular weight is 361 g/mol. The summed E-state index contributed by atoms with van der Waals surface area (Å²) in [5.74, 6) is 0.0422. The van der Waals surface area contributed by atoms with Crippen LogP contribution in [0.25, 0.3) is 0 Å². The first kappa shape index (κ1) is 20.3. The molecule has 0 unspecified atom stereocenters. The summed E-state index contributed by atoms with van der Waals surface area (Å²) >= 11 is 0. The van der Waals surface area contributed by atoms with E-state index in [-0.39, 0.29) is 18.1 Å². The lowest BCUT2D eigenvalue weighted by atomic mass is 9.83. The molecule has 1 amide bonds. The van der Waals surface area contributed by atoms with Gasteiger partial charge in [0.25, 0.3) is 0 Å². The number of hydrogen-bond donors (Lipinski definition) is 1. The number of methoxy groups -OCH3 is 1. The number of benzene rings is 1. The molecule has 144 valence electrons. The fourth-order valence-electron chi connectivity index (χ4n) is 3.45. The normalized spacial score (nSPS) is 21.2. The van der Waals surface area contributed by atoms with Crippen LogP contribution in [0.4, 0.5) is 4.79 Å². The Morgan fingerprint density at radius 3 is 2.31 bits per heavy atom. The lowest BCUT2D eigenvalue weighted by Crippen LogP contribution is -2.40. The molecule has 1 N–H and O–H groups in total. The van der Waals surface area contributed by atoms with Gasteiger partial charge in [0.15, 0.2) is 0 Å². The minimum atomic E-state index is -0.491. The van der Waals surface area contributed by atoms with Crippen LogP contribution in [0.15, 0.2) is 24.3 Å². The molecule has 0 spiro atoms. The second-order valence-electron chi connectivity index (χ2n) is 8.03. The molecule has 2 rings (SSSR count). The highest BCUT2D eigenvalue weighted by atomic mass is 16.6. The predicted molar refractivity (Wildman–Crippen MR) is 101 cm³/mol. The smallest absolute Gasteiger partial charge is 0.407 e. The Bertz CT molecular complexity index is 603. The third-order valence-electron chi connectivity index (χ3n) is 4.70. The average Bonchev–Trinajstić information content (AvgIpc) is 2.55. The summed E-state index contributed by atoms with van der Waals surface area (Å²) in [6.45, 7) is 5.61. The molecule has 0 heterocycles. The van der Waals surface area contributed by atoms with Crippen molar-refractivity contribution in [2.75, 3.05) is 7.11 Å². The lowest BCUT2D eigenvalue weighted by Gasteiger charge is -2.29. The summed E-state index contributed by atoms with van der Waals surface area (Å²) in [5, 5.41) is 3.05. The second kappa shape index (κ2) is 9.06. The standard InChI is InChI=1S/C21H31NO4/c1-21(2,3)26-20(24)22-18-9-7-5-6-8-17(14-18)15-10-12-16(13-11-15)19(23)25-4/h10-13,17-18H,5-9,14H2,1-4H3,(H,22,24)/t17-,18+/m0/s1. The summed E-state index contributed by atoms with van der Waals surface area (Å²) in [5.41, 5.74) is 1.27. The topological polar surface area (TPSA) is 64.6 Å². The van der Waals surface area contributed by atoms with Gasteiger partial charge in [0.2, 0.25) is 0 Å². The third-order valence-corrected chi connectivity index (χ3v) is 4.70. The molecular formula is C21H31NO4. The molecule has 5 nitrogen and oxygen atoms in total. The van der Waals surface area contributed by atoms with Gasteiger partial charge in [-0.25, -0.2) is 9.59 Å². The van der Waals surface area contributed by atoms with Gasteiger partial charge in [-0.1, -0.05) is 31.4 Å². The highest BCUT2D eigenvalue weighted by molar-refractivity contribution is 5.89. The summed E-state index contributed by atoms with van der Waals surface area (Å²) in [6.07, 6.45) is 6.07. The molecule has 1 aromatic carbocycles. The molecule has 0 saturated heterocycles. The van der Waals surface area contributed by atoms with E-state index in [1.807, 2.05) is 45.0 Å². The Balaban J connectivity index is 2.04. The lowest BCUT2D eigenvalue weighted by molar-refractivity contribution is 0.0493. The number of carbonyl (C=O) groups excluding carboxylic acids is 2. The van der Waals surface area contributed by atoms with Crippen molar-refractivity contribution in [2.45, 2.75) is 76.9 Å². The van der Waals surface area contributed by atoms with Crippen LogP contribution in [0.2, 0.25) is 0 Å². The third kappa shape index (κ3) is 6.36. The van der Waals surface area contributed by atoms with Crippen molar-refractivity contribution in [3.63, 3.8) is 0 Å². The Kier molecular flexibility index (Phi) is 7.06. The van der Waals surface area contributed by atoms with E-state index >= 15 is 0 Å². The van der Waals surface area contributed by atoms with E-state index in [0.717, 1.165) is 25.7 Å². The first-order chi connectivity index (χ1) is 12.3. The maximum atomic E-state index is 12.1. The number of alkyl carbamates (subject to hydrolysis) is 1. The molecule has 0 bridgehead atoms. The van der Waals surface area contributed by atoms with Crippen LogP contribution in [0.3, 0.4) is 0 Å². The van der Waals surface area contributed by atoms with Crippen molar-refractivity contribution >= 4 is 12.1 Å². The van der Waals surface area contributed by atoms with Gasteiger partial charge in [0.05, 0.1) is 12.7 Å². The van der Waals surface area contributed by atoms with Crippen LogP contribution in [0, 0.1) is 0 Å². The largest absolute Gasteiger partial charge is 0.465 e. The minimum absolute atomic E-state index is 0.107. The van der Waals surface area contributed by atoms with Crippen molar-refractivity contribution in [3.8, 4) is 0 Å². The van der Waals surface area contributed by atoms with E-state index < -0.39 is 5.60 Å². The molecular weight excluding hydrogens is 330 g/mol. The number of esters is 1. The Morgan fingerprint density at radius 2 is 1.69 bits per heavy atom. The molecule has 5 heteroatoms. The number of nitrogens with one attached hydrogen (secondary N) is 1. The van der Waals surface area contributed by atoms with Gasteiger partial charge in [0, 0.05) is 6.04 Å². The van der Waals surface area contributed by atoms with E-state index in [1.54, 1.807) is 0 Å². The summed E-state index contributed by atoms with van der Waals surface area (Å²) in [6, 6.07) is 7.74. The molecule has 26 heavy (non-hydrogen) atoms. The van der Waals surface area contributed by atoms with Crippen molar-refractivity contribution in [3.05, 3.63) is 35.4 Å². The minimum Gasteiger partial charge on any atom is -0.465 e. The Labute approximate surface area is 156 Å². The molecule has 1 fully saturated rings. The van der Waals surface area contributed by atoms with Crippen LogP contribution in [-0.4, -0.2) is 30.8 Å². The Morgan fingerprint density at radius 1 is 1.04 bits per heavy atom. The molecule has 0 aromatic heterocycles. The molecule has 1 aromatic rings. The highest BCUT2D eigenvalue weighted by Gasteiger charge is 2.24. The van der Waals surface area contributed by atoms with Crippen molar-refractivity contribution in [1.82, 2.24) is 5.32 Å². The van der Waals surface area contributed by atoms with Gasteiger partial charge < -0.3 is 14.8 Å². The summed E-state index contributed by atoms with van der Waals surface area (Å²) < 4.78 is 10.2. The van der Waals surface area contributed by atoms with Gasteiger partial charge in [-0.3, -0.25) is 0 Å². The van der Waals surface area contributed by atoms with Gasteiger partial charge in [-0.15, -0.1) is 0 Å². The van der Waals surface area contributed by atoms with Crippen LogP contribution in [0.5, 0.6) is 0 Å².